The molecular formula is C23H21F2N3O3S2. The summed E-state index contributed by atoms with van der Waals surface area (Å²) in [6, 6.07) is 8.19. The Morgan fingerprint density at radius 2 is 1.79 bits per heavy atom. The zero-order valence-electron chi connectivity index (χ0n) is 17.5. The first-order valence-electron chi connectivity index (χ1n) is 10.7. The Labute approximate surface area is 193 Å². The molecule has 2 aliphatic carbocycles. The molecule has 2 N–H and O–H groups in total. The molecule has 10 heteroatoms. The topological polar surface area (TPSA) is 91.9 Å². The van der Waals surface area contributed by atoms with Gasteiger partial charge in [-0.3, -0.25) is 4.79 Å². The van der Waals surface area contributed by atoms with E-state index in [4.69, 9.17) is 0 Å². The van der Waals surface area contributed by atoms with Crippen molar-refractivity contribution in [1.29, 1.82) is 0 Å². The number of H-pyrrole nitrogens is 1. The highest BCUT2D eigenvalue weighted by Crippen LogP contribution is 2.29. The molecule has 1 fully saturated rings. The second-order valence-electron chi connectivity index (χ2n) is 8.29. The lowest BCUT2D eigenvalue weighted by molar-refractivity contribution is 0.557. The molecular weight excluding hydrogens is 468 g/mol. The van der Waals surface area contributed by atoms with Crippen molar-refractivity contribution in [3.63, 3.8) is 0 Å². The highest BCUT2D eigenvalue weighted by Gasteiger charge is 2.29. The van der Waals surface area contributed by atoms with Gasteiger partial charge in [-0.25, -0.2) is 26.9 Å². The molecule has 0 unspecified atom stereocenters. The minimum atomic E-state index is -3.92. The number of aromatic nitrogens is 2. The molecule has 1 saturated carbocycles. The Morgan fingerprint density at radius 1 is 1.06 bits per heavy atom. The van der Waals surface area contributed by atoms with Crippen LogP contribution in [0.25, 0.3) is 11.1 Å². The Kier molecular flexibility index (Phi) is 5.84. The summed E-state index contributed by atoms with van der Waals surface area (Å²) in [5.41, 5.74) is 2.65. The molecule has 0 aliphatic heterocycles. The highest BCUT2D eigenvalue weighted by molar-refractivity contribution is 7.98. The number of hydrogen-bond acceptors (Lipinski definition) is 5. The fourth-order valence-corrected chi connectivity index (χ4v) is 6.09. The summed E-state index contributed by atoms with van der Waals surface area (Å²) in [6.07, 6.45) is 3.94. The van der Waals surface area contributed by atoms with Crippen molar-refractivity contribution in [2.45, 2.75) is 54.0 Å². The van der Waals surface area contributed by atoms with Crippen LogP contribution in [-0.2, 0) is 28.6 Å². The van der Waals surface area contributed by atoms with Gasteiger partial charge in [-0.2, -0.15) is 0 Å². The van der Waals surface area contributed by atoms with Gasteiger partial charge in [0.25, 0.3) is 5.56 Å². The molecule has 33 heavy (non-hydrogen) atoms. The second-order valence-corrected chi connectivity index (χ2v) is 10.9. The predicted molar refractivity (Wildman–Crippen MR) is 122 cm³/mol. The van der Waals surface area contributed by atoms with Gasteiger partial charge in [-0.1, -0.05) is 30.0 Å². The van der Waals surface area contributed by atoms with Gasteiger partial charge in [-0.15, -0.1) is 0 Å². The SMILES string of the molecule is O=c1[nH]c(SCc2ccc(-c3ccc(S(=O)(=O)NC4CC4)c(F)c3)cc2F)nc2c1CCC2. The zero-order chi connectivity index (χ0) is 23.2. The van der Waals surface area contributed by atoms with E-state index >= 15 is 0 Å². The maximum Gasteiger partial charge on any atom is 0.254 e. The summed E-state index contributed by atoms with van der Waals surface area (Å²) in [5.74, 6) is -1.09. The van der Waals surface area contributed by atoms with Crippen molar-refractivity contribution in [3.05, 3.63) is 75.2 Å². The average Bonchev–Trinajstić information content (AvgIpc) is 3.43. The van der Waals surface area contributed by atoms with Gasteiger partial charge in [0.2, 0.25) is 10.0 Å². The van der Waals surface area contributed by atoms with Crippen LogP contribution in [0.1, 0.15) is 36.1 Å². The molecule has 0 saturated heterocycles. The van der Waals surface area contributed by atoms with Crippen LogP contribution < -0.4 is 10.3 Å². The summed E-state index contributed by atoms with van der Waals surface area (Å²) in [6.45, 7) is 0. The fourth-order valence-electron chi connectivity index (χ4n) is 3.86. The number of nitrogens with zero attached hydrogens (tertiary/aromatic N) is 1. The Balaban J connectivity index is 1.32. The van der Waals surface area contributed by atoms with Crippen LogP contribution in [-0.4, -0.2) is 24.4 Å². The maximum atomic E-state index is 14.8. The third kappa shape index (κ3) is 4.73. The molecule has 0 radical (unpaired) electrons. The first-order valence-corrected chi connectivity index (χ1v) is 13.1. The van der Waals surface area contributed by atoms with E-state index in [2.05, 4.69) is 14.7 Å². The third-order valence-electron chi connectivity index (χ3n) is 5.79. The summed E-state index contributed by atoms with van der Waals surface area (Å²) < 4.78 is 56.3. The highest BCUT2D eigenvalue weighted by atomic mass is 32.2. The van der Waals surface area contributed by atoms with Gasteiger partial charge in [0, 0.05) is 17.4 Å². The molecule has 0 spiro atoms. The lowest BCUT2D eigenvalue weighted by atomic mass is 10.0. The number of aryl methyl sites for hydroxylation is 1. The quantitative estimate of drug-likeness (QED) is 0.388. The Morgan fingerprint density at radius 3 is 2.48 bits per heavy atom. The molecule has 3 aromatic rings. The zero-order valence-corrected chi connectivity index (χ0v) is 19.2. The molecule has 0 bridgehead atoms. The molecule has 0 atom stereocenters. The molecule has 5 rings (SSSR count). The van der Waals surface area contributed by atoms with E-state index in [1.54, 1.807) is 12.1 Å². The number of nitrogens with one attached hydrogen (secondary N) is 2. The molecule has 2 aliphatic rings. The summed E-state index contributed by atoms with van der Waals surface area (Å²) in [4.78, 5) is 18.9. The van der Waals surface area contributed by atoms with Crippen molar-refractivity contribution in [1.82, 2.24) is 14.7 Å². The van der Waals surface area contributed by atoms with Gasteiger partial charge < -0.3 is 4.98 Å². The van der Waals surface area contributed by atoms with Gasteiger partial charge in [0.1, 0.15) is 16.5 Å². The average molecular weight is 490 g/mol. The lowest BCUT2D eigenvalue weighted by Crippen LogP contribution is -2.26. The molecule has 1 aromatic heterocycles. The van der Waals surface area contributed by atoms with Crippen molar-refractivity contribution < 1.29 is 17.2 Å². The second kappa shape index (κ2) is 8.66. The normalized spacial score (nSPS) is 15.6. The van der Waals surface area contributed by atoms with Crippen LogP contribution in [0.4, 0.5) is 8.78 Å². The van der Waals surface area contributed by atoms with Gasteiger partial charge in [-0.05, 0) is 67.0 Å². The number of aromatic amines is 1. The van der Waals surface area contributed by atoms with Crippen molar-refractivity contribution in [2.24, 2.45) is 0 Å². The number of thioether (sulfide) groups is 1. The summed E-state index contributed by atoms with van der Waals surface area (Å²) in [7, 11) is -3.92. The van der Waals surface area contributed by atoms with Crippen molar-refractivity contribution in [3.8, 4) is 11.1 Å². The molecule has 0 amide bonds. The van der Waals surface area contributed by atoms with Crippen molar-refractivity contribution >= 4 is 21.8 Å². The van der Waals surface area contributed by atoms with E-state index in [0.29, 0.717) is 21.8 Å². The van der Waals surface area contributed by atoms with E-state index in [-0.39, 0.29) is 17.4 Å². The van der Waals surface area contributed by atoms with Crippen LogP contribution in [0.15, 0.2) is 51.2 Å². The molecule has 2 aromatic carbocycles. The Hall–Kier alpha value is -2.56. The number of fused-ring (bicyclic) bond motifs is 1. The fraction of sp³-hybridized carbons (Fsp3) is 0.304. The van der Waals surface area contributed by atoms with E-state index in [9.17, 15) is 22.0 Å². The first kappa shape index (κ1) is 22.2. The number of halogens is 2. The van der Waals surface area contributed by atoms with E-state index in [0.717, 1.165) is 49.4 Å². The third-order valence-corrected chi connectivity index (χ3v) is 8.27. The van der Waals surface area contributed by atoms with E-state index < -0.39 is 26.6 Å². The first-order chi connectivity index (χ1) is 15.8. The van der Waals surface area contributed by atoms with E-state index in [1.807, 2.05) is 0 Å². The van der Waals surface area contributed by atoms with Crippen molar-refractivity contribution in [2.75, 3.05) is 0 Å². The van der Waals surface area contributed by atoms with Crippen LogP contribution in [0.3, 0.4) is 0 Å². The minimum Gasteiger partial charge on any atom is -0.301 e. The minimum absolute atomic E-state index is 0.126. The summed E-state index contributed by atoms with van der Waals surface area (Å²) >= 11 is 1.25. The number of sulfonamides is 1. The standard InChI is InChI=1S/C23H21F2N3O3S2/c24-18-10-13(14-6-9-21(19(25)11-14)33(30,31)28-16-7-8-16)4-5-15(18)12-32-23-26-20-3-1-2-17(20)22(29)27-23/h4-6,9-11,16,28H,1-3,7-8,12H2,(H,26,27,29). The number of rotatable bonds is 7. The lowest BCUT2D eigenvalue weighted by Gasteiger charge is -2.10. The molecule has 1 heterocycles. The molecule has 172 valence electrons. The largest absolute Gasteiger partial charge is 0.301 e. The van der Waals surface area contributed by atoms with Crippen LogP contribution in [0.2, 0.25) is 0 Å². The summed E-state index contributed by atoms with van der Waals surface area (Å²) in [5, 5.41) is 0.461. The van der Waals surface area contributed by atoms with Crippen LogP contribution >= 0.6 is 11.8 Å². The smallest absolute Gasteiger partial charge is 0.254 e. The Bertz CT molecular complexity index is 1400. The van der Waals surface area contributed by atoms with E-state index in [1.165, 1.54) is 30.0 Å². The van der Waals surface area contributed by atoms with Gasteiger partial charge in [0.15, 0.2) is 5.16 Å². The number of hydrogen-bond donors (Lipinski definition) is 2. The monoisotopic (exact) mass is 489 g/mol. The predicted octanol–water partition coefficient (Wildman–Crippen LogP) is 3.94. The maximum absolute atomic E-state index is 14.8. The van der Waals surface area contributed by atoms with Crippen LogP contribution in [0, 0.1) is 11.6 Å². The van der Waals surface area contributed by atoms with Gasteiger partial charge in [0.05, 0.1) is 5.69 Å². The van der Waals surface area contributed by atoms with Crippen LogP contribution in [0.5, 0.6) is 0 Å². The van der Waals surface area contributed by atoms with Gasteiger partial charge >= 0.3 is 0 Å². The number of benzene rings is 2. The molecule has 6 nitrogen and oxygen atoms in total.